The Morgan fingerprint density at radius 1 is 1.16 bits per heavy atom. The molecular formula is C27H35FN6O3. The molecule has 1 aromatic heterocycles. The average Bonchev–Trinajstić information content (AvgIpc) is 3.33. The van der Waals surface area contributed by atoms with E-state index in [-0.39, 0.29) is 11.5 Å². The van der Waals surface area contributed by atoms with Gasteiger partial charge in [0, 0.05) is 56.2 Å². The molecule has 2 aliphatic rings. The molecule has 3 N–H and O–H groups in total. The number of hydrogen-bond acceptors (Lipinski definition) is 5. The standard InChI is InChI=1S/C27H35FN6O3/c1-5-32(6-2)12-11-30-25(35)24-17(3)22(31-18(24)4)16-21-20-15-19(28)7-8-23(20)34(26(21)36)27(37)33-13-9-29-10-14-33/h7-8,15-16,29,31H,5-6,9-14H2,1-4H3,(H,30,35)/b21-16-. The van der Waals surface area contributed by atoms with Gasteiger partial charge in [0.25, 0.3) is 11.8 Å². The van der Waals surface area contributed by atoms with Gasteiger partial charge in [0.1, 0.15) is 5.82 Å². The molecule has 4 amide bonds. The number of piperazine rings is 1. The molecule has 0 saturated carbocycles. The summed E-state index contributed by atoms with van der Waals surface area (Å²) in [6, 6.07) is 3.56. The third kappa shape index (κ3) is 5.30. The molecule has 9 nitrogen and oxygen atoms in total. The fourth-order valence-electron chi connectivity index (χ4n) is 4.95. The fourth-order valence-corrected chi connectivity index (χ4v) is 4.95. The molecule has 198 valence electrons. The Balaban J connectivity index is 1.63. The van der Waals surface area contributed by atoms with Crippen molar-refractivity contribution in [1.82, 2.24) is 25.4 Å². The Labute approximate surface area is 216 Å². The monoisotopic (exact) mass is 510 g/mol. The van der Waals surface area contributed by atoms with E-state index >= 15 is 0 Å². The molecule has 0 atom stereocenters. The quantitative estimate of drug-likeness (QED) is 0.498. The smallest absolute Gasteiger partial charge is 0.331 e. The van der Waals surface area contributed by atoms with E-state index in [0.29, 0.717) is 66.5 Å². The lowest BCUT2D eigenvalue weighted by atomic mass is 10.0. The van der Waals surface area contributed by atoms with Crippen molar-refractivity contribution in [3.05, 3.63) is 52.1 Å². The van der Waals surface area contributed by atoms with Gasteiger partial charge in [0.05, 0.1) is 16.8 Å². The van der Waals surface area contributed by atoms with Gasteiger partial charge in [-0.05, 0) is 56.8 Å². The zero-order valence-corrected chi connectivity index (χ0v) is 21.9. The van der Waals surface area contributed by atoms with Gasteiger partial charge in [-0.15, -0.1) is 0 Å². The number of carbonyl (C=O) groups is 3. The summed E-state index contributed by atoms with van der Waals surface area (Å²) in [5.74, 6) is -1.20. The summed E-state index contributed by atoms with van der Waals surface area (Å²) < 4.78 is 14.2. The molecule has 1 fully saturated rings. The maximum absolute atomic E-state index is 14.2. The van der Waals surface area contributed by atoms with Crippen molar-refractivity contribution in [3.8, 4) is 0 Å². The second kappa shape index (κ2) is 11.3. The summed E-state index contributed by atoms with van der Waals surface area (Å²) in [6.45, 7) is 13.1. The second-order valence-electron chi connectivity index (χ2n) is 9.33. The molecule has 0 radical (unpaired) electrons. The maximum Gasteiger partial charge on any atom is 0.331 e. The van der Waals surface area contributed by atoms with Gasteiger partial charge < -0.3 is 25.4 Å². The van der Waals surface area contributed by atoms with Gasteiger partial charge in [0.2, 0.25) is 0 Å². The Morgan fingerprint density at radius 3 is 2.54 bits per heavy atom. The summed E-state index contributed by atoms with van der Waals surface area (Å²) in [6.07, 6.45) is 1.61. The highest BCUT2D eigenvalue weighted by atomic mass is 19.1. The van der Waals surface area contributed by atoms with Crippen molar-refractivity contribution in [1.29, 1.82) is 0 Å². The summed E-state index contributed by atoms with van der Waals surface area (Å²) >= 11 is 0. The number of hydrogen-bond donors (Lipinski definition) is 3. The highest BCUT2D eigenvalue weighted by molar-refractivity contribution is 6.42. The van der Waals surface area contributed by atoms with Crippen molar-refractivity contribution < 1.29 is 18.8 Å². The molecule has 4 rings (SSSR count). The summed E-state index contributed by atoms with van der Waals surface area (Å²) in [7, 11) is 0. The lowest BCUT2D eigenvalue weighted by molar-refractivity contribution is -0.112. The minimum Gasteiger partial charge on any atom is -0.358 e. The molecule has 37 heavy (non-hydrogen) atoms. The van der Waals surface area contributed by atoms with Gasteiger partial charge in [-0.25, -0.2) is 14.1 Å². The highest BCUT2D eigenvalue weighted by Gasteiger charge is 2.39. The first-order valence-corrected chi connectivity index (χ1v) is 12.8. The number of H-pyrrole nitrogens is 1. The molecule has 1 aromatic carbocycles. The van der Waals surface area contributed by atoms with Crippen LogP contribution in [-0.4, -0.2) is 85.0 Å². The number of carbonyl (C=O) groups excluding carboxylic acids is 3. The predicted octanol–water partition coefficient (Wildman–Crippen LogP) is 2.75. The zero-order valence-electron chi connectivity index (χ0n) is 21.9. The number of nitrogens with zero attached hydrogens (tertiary/aromatic N) is 3. The van der Waals surface area contributed by atoms with E-state index in [1.807, 2.05) is 6.92 Å². The molecule has 0 unspecified atom stereocenters. The van der Waals surface area contributed by atoms with Crippen molar-refractivity contribution in [2.24, 2.45) is 0 Å². The van der Waals surface area contributed by atoms with Crippen LogP contribution in [0.4, 0.5) is 14.9 Å². The topological polar surface area (TPSA) is 101 Å². The second-order valence-corrected chi connectivity index (χ2v) is 9.33. The molecule has 0 spiro atoms. The number of anilines is 1. The van der Waals surface area contributed by atoms with E-state index in [1.54, 1.807) is 17.9 Å². The fraction of sp³-hybridized carbons (Fsp3) is 0.444. The maximum atomic E-state index is 14.2. The van der Waals surface area contributed by atoms with E-state index < -0.39 is 17.8 Å². The molecule has 0 aliphatic carbocycles. The van der Waals surface area contributed by atoms with Crippen LogP contribution >= 0.6 is 0 Å². The van der Waals surface area contributed by atoms with Gasteiger partial charge >= 0.3 is 6.03 Å². The molecule has 3 heterocycles. The third-order valence-electron chi connectivity index (χ3n) is 7.10. The van der Waals surface area contributed by atoms with E-state index in [2.05, 4.69) is 34.4 Å². The number of rotatable bonds is 7. The van der Waals surface area contributed by atoms with Crippen molar-refractivity contribution >= 4 is 35.2 Å². The molecule has 2 aromatic rings. The Bertz CT molecular complexity index is 1230. The van der Waals surface area contributed by atoms with Gasteiger partial charge in [-0.3, -0.25) is 9.59 Å². The lowest BCUT2D eigenvalue weighted by Crippen LogP contribution is -2.52. The number of amides is 4. The number of urea groups is 1. The van der Waals surface area contributed by atoms with Crippen LogP contribution in [0.3, 0.4) is 0 Å². The average molecular weight is 511 g/mol. The zero-order chi connectivity index (χ0) is 26.7. The van der Waals surface area contributed by atoms with Crippen molar-refractivity contribution in [2.75, 3.05) is 57.3 Å². The number of nitrogens with one attached hydrogen (secondary N) is 3. The number of halogens is 1. The lowest BCUT2D eigenvalue weighted by Gasteiger charge is -2.30. The largest absolute Gasteiger partial charge is 0.358 e. The van der Waals surface area contributed by atoms with Crippen LogP contribution in [0.5, 0.6) is 0 Å². The first-order valence-electron chi connectivity index (χ1n) is 12.8. The Morgan fingerprint density at radius 2 is 1.86 bits per heavy atom. The number of aryl methyl sites for hydroxylation is 1. The van der Waals surface area contributed by atoms with E-state index in [0.717, 1.165) is 24.5 Å². The van der Waals surface area contributed by atoms with Gasteiger partial charge in [-0.2, -0.15) is 0 Å². The number of likely N-dealkylation sites (N-methyl/N-ethyl adjacent to an activating group) is 1. The highest BCUT2D eigenvalue weighted by Crippen LogP contribution is 2.39. The predicted molar refractivity (Wildman–Crippen MR) is 142 cm³/mol. The van der Waals surface area contributed by atoms with Crippen LogP contribution in [0.1, 0.15) is 46.7 Å². The first-order chi connectivity index (χ1) is 17.8. The van der Waals surface area contributed by atoms with Crippen molar-refractivity contribution in [2.45, 2.75) is 27.7 Å². The van der Waals surface area contributed by atoms with Gasteiger partial charge in [-0.1, -0.05) is 13.8 Å². The normalized spacial score (nSPS) is 16.6. The number of fused-ring (bicyclic) bond motifs is 1. The number of benzene rings is 1. The van der Waals surface area contributed by atoms with Crippen LogP contribution in [0, 0.1) is 19.7 Å². The Kier molecular flexibility index (Phi) is 8.09. The van der Waals surface area contributed by atoms with Crippen LogP contribution < -0.4 is 15.5 Å². The minimum absolute atomic E-state index is 0.192. The minimum atomic E-state index is -0.513. The molecular weight excluding hydrogens is 475 g/mol. The number of imide groups is 1. The van der Waals surface area contributed by atoms with E-state index in [1.165, 1.54) is 18.2 Å². The SMILES string of the molecule is CCN(CC)CCNC(=O)c1c(C)[nH]c(/C=C2\C(=O)N(C(=O)N3CCNCC3)c3ccc(F)cc32)c1C. The summed E-state index contributed by atoms with van der Waals surface area (Å²) in [5.41, 5.74) is 3.36. The first kappa shape index (κ1) is 26.6. The van der Waals surface area contributed by atoms with Crippen LogP contribution in [0.25, 0.3) is 11.6 Å². The molecule has 1 saturated heterocycles. The molecule has 0 bridgehead atoms. The van der Waals surface area contributed by atoms with Crippen LogP contribution in [0.2, 0.25) is 0 Å². The van der Waals surface area contributed by atoms with Crippen molar-refractivity contribution in [3.63, 3.8) is 0 Å². The summed E-state index contributed by atoms with van der Waals surface area (Å²) in [5, 5.41) is 6.16. The number of aromatic amines is 1. The van der Waals surface area contributed by atoms with Gasteiger partial charge in [0.15, 0.2) is 0 Å². The van der Waals surface area contributed by atoms with Crippen LogP contribution in [-0.2, 0) is 4.79 Å². The Hall–Kier alpha value is -3.50. The third-order valence-corrected chi connectivity index (χ3v) is 7.10. The molecule has 2 aliphatic heterocycles. The molecule has 10 heteroatoms. The van der Waals surface area contributed by atoms with Crippen LogP contribution in [0.15, 0.2) is 18.2 Å². The summed E-state index contributed by atoms with van der Waals surface area (Å²) in [4.78, 5) is 48.0. The number of aromatic nitrogens is 1. The van der Waals surface area contributed by atoms with E-state index in [9.17, 15) is 18.8 Å². The van der Waals surface area contributed by atoms with E-state index in [4.69, 9.17) is 0 Å².